The number of anilines is 1. The summed E-state index contributed by atoms with van der Waals surface area (Å²) in [4.78, 5) is 28.0. The van der Waals surface area contributed by atoms with Gasteiger partial charge in [0.1, 0.15) is 6.04 Å². The van der Waals surface area contributed by atoms with Crippen molar-refractivity contribution in [3.63, 3.8) is 0 Å². The van der Waals surface area contributed by atoms with Crippen LogP contribution >= 0.6 is 0 Å². The second kappa shape index (κ2) is 7.97. The quantitative estimate of drug-likeness (QED) is 0.823. The fourth-order valence-corrected chi connectivity index (χ4v) is 2.74. The summed E-state index contributed by atoms with van der Waals surface area (Å²) in [5.41, 5.74) is 2.32. The molecule has 0 saturated carbocycles. The van der Waals surface area contributed by atoms with E-state index >= 15 is 0 Å². The van der Waals surface area contributed by atoms with Gasteiger partial charge in [-0.2, -0.15) is 0 Å². The van der Waals surface area contributed by atoms with Crippen molar-refractivity contribution in [3.05, 3.63) is 29.8 Å². The lowest BCUT2D eigenvalue weighted by Crippen LogP contribution is -2.58. The van der Waals surface area contributed by atoms with Gasteiger partial charge in [-0.05, 0) is 24.6 Å². The largest absolute Gasteiger partial charge is 0.374 e. The van der Waals surface area contributed by atoms with Crippen molar-refractivity contribution in [3.8, 4) is 0 Å². The summed E-state index contributed by atoms with van der Waals surface area (Å²) in [6, 6.07) is 7.92. The van der Waals surface area contributed by atoms with Gasteiger partial charge in [0.2, 0.25) is 11.8 Å². The first-order valence-corrected chi connectivity index (χ1v) is 8.02. The molecule has 6 heteroatoms. The Hall–Kier alpha value is -2.08. The predicted octanol–water partition coefficient (Wildman–Crippen LogP) is 0.368. The van der Waals surface area contributed by atoms with Gasteiger partial charge in [-0.1, -0.05) is 12.1 Å². The second-order valence-electron chi connectivity index (χ2n) is 5.97. The molecule has 1 aromatic carbocycles. The number of aryl methyl sites for hydroxylation is 1. The summed E-state index contributed by atoms with van der Waals surface area (Å²) in [6.45, 7) is 4.46. The van der Waals surface area contributed by atoms with E-state index in [0.29, 0.717) is 32.6 Å². The summed E-state index contributed by atoms with van der Waals surface area (Å²) >= 11 is 0. The fourth-order valence-electron chi connectivity index (χ4n) is 2.74. The van der Waals surface area contributed by atoms with Gasteiger partial charge >= 0.3 is 0 Å². The van der Waals surface area contributed by atoms with E-state index in [1.54, 1.807) is 11.9 Å². The van der Waals surface area contributed by atoms with Gasteiger partial charge in [-0.15, -0.1) is 0 Å². The summed E-state index contributed by atoms with van der Waals surface area (Å²) in [6.07, 6.45) is 0.449. The molecule has 0 bridgehead atoms. The number of likely N-dealkylation sites (N-methyl/N-ethyl adjacent to an activating group) is 1. The lowest BCUT2D eigenvalue weighted by atomic mass is 10.1. The van der Waals surface area contributed by atoms with E-state index in [-0.39, 0.29) is 17.9 Å². The van der Waals surface area contributed by atoms with Crippen molar-refractivity contribution >= 4 is 17.5 Å². The summed E-state index contributed by atoms with van der Waals surface area (Å²) in [7, 11) is 3.61. The van der Waals surface area contributed by atoms with Crippen LogP contribution in [0.15, 0.2) is 24.3 Å². The minimum Gasteiger partial charge on any atom is -0.374 e. The first kappa shape index (κ1) is 17.3. The third kappa shape index (κ3) is 4.69. The van der Waals surface area contributed by atoms with Crippen LogP contribution in [0.2, 0.25) is 0 Å². The molecule has 0 aromatic heterocycles. The van der Waals surface area contributed by atoms with E-state index in [0.717, 1.165) is 5.69 Å². The Bertz CT molecular complexity index is 561. The van der Waals surface area contributed by atoms with Gasteiger partial charge in [-0.25, -0.2) is 0 Å². The van der Waals surface area contributed by atoms with Crippen LogP contribution in [0.3, 0.4) is 0 Å². The minimum absolute atomic E-state index is 0.0700. The maximum absolute atomic E-state index is 12.4. The highest BCUT2D eigenvalue weighted by Crippen LogP contribution is 2.14. The number of nitrogens with zero attached hydrogens (tertiary/aromatic N) is 2. The normalized spacial score (nSPS) is 17.7. The van der Waals surface area contributed by atoms with E-state index in [2.05, 4.69) is 34.6 Å². The number of hydrogen-bond donors (Lipinski definition) is 2. The SMILES string of the molecule is CNC(=O)[C@H]1CN(C(=O)CCN(C)c2cccc(C)c2)CCN1. The molecule has 0 radical (unpaired) electrons. The molecule has 0 unspecified atom stereocenters. The van der Waals surface area contributed by atoms with Crippen LogP contribution in [0.1, 0.15) is 12.0 Å². The highest BCUT2D eigenvalue weighted by Gasteiger charge is 2.27. The molecule has 1 aliphatic heterocycles. The van der Waals surface area contributed by atoms with Crippen LogP contribution in [-0.4, -0.2) is 63.0 Å². The Morgan fingerprint density at radius 1 is 1.43 bits per heavy atom. The van der Waals surface area contributed by atoms with Crippen LogP contribution in [0.4, 0.5) is 5.69 Å². The molecule has 1 aliphatic rings. The Balaban J connectivity index is 1.85. The van der Waals surface area contributed by atoms with Gasteiger partial charge in [0, 0.05) is 52.4 Å². The first-order chi connectivity index (χ1) is 11.0. The Morgan fingerprint density at radius 3 is 2.91 bits per heavy atom. The first-order valence-electron chi connectivity index (χ1n) is 8.02. The minimum atomic E-state index is -0.313. The Kier molecular flexibility index (Phi) is 5.98. The lowest BCUT2D eigenvalue weighted by Gasteiger charge is -2.33. The summed E-state index contributed by atoms with van der Waals surface area (Å²) in [5.74, 6) is 0.0271. The highest BCUT2D eigenvalue weighted by atomic mass is 16.2. The topological polar surface area (TPSA) is 64.7 Å². The van der Waals surface area contributed by atoms with Crippen molar-refractivity contribution in [2.75, 3.05) is 45.2 Å². The molecule has 1 heterocycles. The van der Waals surface area contributed by atoms with Crippen molar-refractivity contribution in [1.82, 2.24) is 15.5 Å². The molecule has 23 heavy (non-hydrogen) atoms. The third-order valence-electron chi connectivity index (χ3n) is 4.19. The lowest BCUT2D eigenvalue weighted by molar-refractivity contribution is -0.133. The predicted molar refractivity (Wildman–Crippen MR) is 91.5 cm³/mol. The number of rotatable bonds is 5. The molecule has 126 valence electrons. The van der Waals surface area contributed by atoms with E-state index in [9.17, 15) is 9.59 Å². The van der Waals surface area contributed by atoms with Crippen LogP contribution in [-0.2, 0) is 9.59 Å². The van der Waals surface area contributed by atoms with E-state index < -0.39 is 0 Å². The van der Waals surface area contributed by atoms with E-state index in [4.69, 9.17) is 0 Å². The van der Waals surface area contributed by atoms with Gasteiger partial charge in [0.05, 0.1) is 0 Å². The zero-order valence-corrected chi connectivity index (χ0v) is 14.1. The molecular weight excluding hydrogens is 292 g/mol. The maximum atomic E-state index is 12.4. The fraction of sp³-hybridized carbons (Fsp3) is 0.529. The molecule has 1 saturated heterocycles. The van der Waals surface area contributed by atoms with E-state index in [1.165, 1.54) is 5.56 Å². The molecule has 2 rings (SSSR count). The van der Waals surface area contributed by atoms with Crippen molar-refractivity contribution in [1.29, 1.82) is 0 Å². The van der Waals surface area contributed by atoms with Gasteiger partial charge in [0.15, 0.2) is 0 Å². The zero-order chi connectivity index (χ0) is 16.8. The number of nitrogens with one attached hydrogen (secondary N) is 2. The van der Waals surface area contributed by atoms with Crippen LogP contribution in [0.5, 0.6) is 0 Å². The number of piperazine rings is 1. The van der Waals surface area contributed by atoms with Crippen molar-refractivity contribution in [2.24, 2.45) is 0 Å². The summed E-state index contributed by atoms with van der Waals surface area (Å²) < 4.78 is 0. The van der Waals surface area contributed by atoms with Crippen molar-refractivity contribution in [2.45, 2.75) is 19.4 Å². The van der Waals surface area contributed by atoms with E-state index in [1.807, 2.05) is 19.2 Å². The molecule has 6 nitrogen and oxygen atoms in total. The molecular formula is C17H26N4O2. The van der Waals surface area contributed by atoms with Crippen LogP contribution < -0.4 is 15.5 Å². The molecule has 0 spiro atoms. The summed E-state index contributed by atoms with van der Waals surface area (Å²) in [5, 5.41) is 5.76. The van der Waals surface area contributed by atoms with Crippen molar-refractivity contribution < 1.29 is 9.59 Å². The molecule has 1 atom stereocenters. The molecule has 1 aromatic rings. The number of carbonyl (C=O) groups is 2. The molecule has 2 amide bonds. The zero-order valence-electron chi connectivity index (χ0n) is 14.1. The number of amides is 2. The maximum Gasteiger partial charge on any atom is 0.238 e. The third-order valence-corrected chi connectivity index (χ3v) is 4.19. The van der Waals surface area contributed by atoms with Gasteiger partial charge in [0.25, 0.3) is 0 Å². The monoisotopic (exact) mass is 318 g/mol. The number of benzene rings is 1. The Labute approximate surface area is 137 Å². The Morgan fingerprint density at radius 2 is 2.22 bits per heavy atom. The highest BCUT2D eigenvalue weighted by molar-refractivity contribution is 5.83. The molecule has 2 N–H and O–H groups in total. The van der Waals surface area contributed by atoms with Crippen LogP contribution in [0.25, 0.3) is 0 Å². The average Bonchev–Trinajstić information content (AvgIpc) is 2.58. The number of carbonyl (C=O) groups excluding carboxylic acids is 2. The average molecular weight is 318 g/mol. The molecule has 0 aliphatic carbocycles. The van der Waals surface area contributed by atoms with Gasteiger partial charge < -0.3 is 20.4 Å². The smallest absolute Gasteiger partial charge is 0.238 e. The second-order valence-corrected chi connectivity index (χ2v) is 5.97. The van der Waals surface area contributed by atoms with Crippen LogP contribution in [0, 0.1) is 6.92 Å². The standard InChI is InChI=1S/C17H26N4O2/c1-13-5-4-6-14(11-13)20(3)9-7-16(22)21-10-8-19-15(12-21)17(23)18-2/h4-6,11,15,19H,7-10,12H2,1-3H3,(H,18,23)/t15-/m1/s1. The number of hydrogen-bond acceptors (Lipinski definition) is 4. The van der Waals surface area contributed by atoms with Gasteiger partial charge in [-0.3, -0.25) is 9.59 Å². The molecule has 1 fully saturated rings.